The van der Waals surface area contributed by atoms with E-state index in [0.29, 0.717) is 15.9 Å². The molecule has 1 aliphatic carbocycles. The van der Waals surface area contributed by atoms with Gasteiger partial charge >= 0.3 is 5.97 Å². The number of anilines is 1. The summed E-state index contributed by atoms with van der Waals surface area (Å²) < 4.78 is 11.1. The average Bonchev–Trinajstić information content (AvgIpc) is 3.47. The summed E-state index contributed by atoms with van der Waals surface area (Å²) >= 11 is 0. The van der Waals surface area contributed by atoms with Crippen LogP contribution in [0.4, 0.5) is 5.82 Å². The SMILES string of the molecule is C[N+]1(CC(=O)Nc2ccon2)CCC[C@@H]1COC(=O)C(O)(c1ccccc1)C1CCCCC1. The first kappa shape index (κ1) is 23.4. The Morgan fingerprint density at radius 3 is 2.61 bits per heavy atom. The molecule has 0 bridgehead atoms. The second-order valence-corrected chi connectivity index (χ2v) is 9.66. The Bertz CT molecular complexity index is 929. The highest BCUT2D eigenvalue weighted by molar-refractivity contribution is 5.90. The van der Waals surface area contributed by atoms with Crippen LogP contribution in [0.3, 0.4) is 0 Å². The van der Waals surface area contributed by atoms with Gasteiger partial charge in [-0.05, 0) is 18.4 Å². The highest BCUT2D eigenvalue weighted by Crippen LogP contribution is 2.40. The van der Waals surface area contributed by atoms with E-state index in [1.165, 1.54) is 6.26 Å². The van der Waals surface area contributed by atoms with Crippen LogP contribution in [-0.2, 0) is 19.9 Å². The van der Waals surface area contributed by atoms with Crippen molar-refractivity contribution in [1.29, 1.82) is 0 Å². The lowest BCUT2D eigenvalue weighted by molar-refractivity contribution is -0.913. The molecule has 8 nitrogen and oxygen atoms in total. The topological polar surface area (TPSA) is 102 Å². The van der Waals surface area contributed by atoms with Crippen LogP contribution in [-0.4, -0.2) is 59.4 Å². The molecule has 178 valence electrons. The molecule has 0 spiro atoms. The fourth-order valence-corrected chi connectivity index (χ4v) is 5.46. The number of rotatable bonds is 8. The zero-order chi connectivity index (χ0) is 23.3. The van der Waals surface area contributed by atoms with Gasteiger partial charge in [0.15, 0.2) is 18.0 Å². The number of nitrogens with one attached hydrogen (secondary N) is 1. The van der Waals surface area contributed by atoms with Crippen molar-refractivity contribution in [2.24, 2.45) is 5.92 Å². The Hall–Kier alpha value is -2.71. The lowest BCUT2D eigenvalue weighted by atomic mass is 9.73. The highest BCUT2D eigenvalue weighted by Gasteiger charge is 2.48. The molecule has 1 aliphatic heterocycles. The van der Waals surface area contributed by atoms with Crippen molar-refractivity contribution in [3.05, 3.63) is 48.2 Å². The Morgan fingerprint density at radius 2 is 1.91 bits per heavy atom. The van der Waals surface area contributed by atoms with Gasteiger partial charge in [0.25, 0.3) is 5.91 Å². The molecule has 2 aliphatic rings. The van der Waals surface area contributed by atoms with Crippen LogP contribution in [0, 0.1) is 5.92 Å². The van der Waals surface area contributed by atoms with Gasteiger partial charge in [-0.2, -0.15) is 0 Å². The van der Waals surface area contributed by atoms with Crippen LogP contribution in [0.25, 0.3) is 0 Å². The van der Waals surface area contributed by atoms with E-state index in [-0.39, 0.29) is 31.0 Å². The number of nitrogens with zero attached hydrogens (tertiary/aromatic N) is 2. The van der Waals surface area contributed by atoms with E-state index < -0.39 is 11.6 Å². The van der Waals surface area contributed by atoms with Gasteiger partial charge in [0.2, 0.25) is 0 Å². The molecule has 8 heteroatoms. The molecule has 1 aromatic carbocycles. The third-order valence-corrected chi connectivity index (χ3v) is 7.43. The summed E-state index contributed by atoms with van der Waals surface area (Å²) in [5, 5.41) is 18.2. The maximum absolute atomic E-state index is 13.4. The van der Waals surface area contributed by atoms with Crippen molar-refractivity contribution in [3.8, 4) is 0 Å². The van der Waals surface area contributed by atoms with Crippen LogP contribution in [0.15, 0.2) is 47.2 Å². The van der Waals surface area contributed by atoms with E-state index in [9.17, 15) is 14.7 Å². The van der Waals surface area contributed by atoms with Crippen LogP contribution in [0.1, 0.15) is 50.5 Å². The lowest BCUT2D eigenvalue weighted by Crippen LogP contribution is -2.54. The highest BCUT2D eigenvalue weighted by atomic mass is 16.6. The number of aliphatic hydroxyl groups is 1. The van der Waals surface area contributed by atoms with Crippen molar-refractivity contribution in [2.45, 2.75) is 56.6 Å². The summed E-state index contributed by atoms with van der Waals surface area (Å²) in [5.74, 6) is -0.508. The first-order valence-electron chi connectivity index (χ1n) is 11.9. The molecule has 1 saturated carbocycles. The average molecular weight is 457 g/mol. The van der Waals surface area contributed by atoms with E-state index in [1.54, 1.807) is 18.2 Å². The molecule has 2 heterocycles. The molecular weight excluding hydrogens is 422 g/mol. The number of carbonyl (C=O) groups excluding carboxylic acids is 2. The molecule has 1 saturated heterocycles. The summed E-state index contributed by atoms with van der Waals surface area (Å²) in [6, 6.07) is 10.8. The molecule has 33 heavy (non-hydrogen) atoms. The minimum atomic E-state index is -1.64. The molecule has 1 amide bonds. The third kappa shape index (κ3) is 5.12. The van der Waals surface area contributed by atoms with Gasteiger partial charge in [-0.1, -0.05) is 54.8 Å². The number of quaternary nitrogens is 1. The van der Waals surface area contributed by atoms with Crippen LogP contribution in [0.5, 0.6) is 0 Å². The summed E-state index contributed by atoms with van der Waals surface area (Å²) in [5.41, 5.74) is -1.05. The van der Waals surface area contributed by atoms with Gasteiger partial charge in [0.1, 0.15) is 18.9 Å². The Kier molecular flexibility index (Phi) is 7.14. The van der Waals surface area contributed by atoms with Gasteiger partial charge in [-0.25, -0.2) is 4.79 Å². The summed E-state index contributed by atoms with van der Waals surface area (Å²) in [6.45, 7) is 1.25. The third-order valence-electron chi connectivity index (χ3n) is 7.43. The molecule has 2 unspecified atom stereocenters. The number of ether oxygens (including phenoxy) is 1. The normalized spacial score (nSPS) is 25.3. The van der Waals surface area contributed by atoms with Gasteiger partial charge in [0.05, 0.1) is 13.6 Å². The minimum absolute atomic E-state index is 0.0108. The van der Waals surface area contributed by atoms with E-state index in [1.807, 2.05) is 25.2 Å². The molecule has 2 aromatic rings. The second kappa shape index (κ2) is 10.1. The largest absolute Gasteiger partial charge is 0.457 e. The van der Waals surface area contributed by atoms with Crippen molar-refractivity contribution >= 4 is 17.7 Å². The molecular formula is C25H34N3O5+. The quantitative estimate of drug-likeness (QED) is 0.467. The maximum atomic E-state index is 13.4. The lowest BCUT2D eigenvalue weighted by Gasteiger charge is -2.38. The number of hydrogen-bond donors (Lipinski definition) is 2. The summed E-state index contributed by atoms with van der Waals surface area (Å²) in [6.07, 6.45) is 7.96. The molecule has 3 atom stereocenters. The molecule has 1 aromatic heterocycles. The van der Waals surface area contributed by atoms with Crippen LogP contribution in [0.2, 0.25) is 0 Å². The summed E-state index contributed by atoms with van der Waals surface area (Å²) in [7, 11) is 2.01. The first-order valence-corrected chi connectivity index (χ1v) is 11.9. The Balaban J connectivity index is 1.43. The van der Waals surface area contributed by atoms with Gasteiger partial charge in [-0.15, -0.1) is 0 Å². The number of likely N-dealkylation sites (tertiary alicyclic amines) is 1. The molecule has 4 rings (SSSR count). The predicted molar refractivity (Wildman–Crippen MR) is 122 cm³/mol. The number of hydrogen-bond acceptors (Lipinski definition) is 6. The number of benzene rings is 1. The number of aromatic nitrogens is 1. The van der Waals surface area contributed by atoms with E-state index in [2.05, 4.69) is 10.5 Å². The van der Waals surface area contributed by atoms with E-state index >= 15 is 0 Å². The standard InChI is InChI=1S/C25H33N3O5/c1-28(17-23(29)26-22-14-16-33-27-22)15-8-13-21(28)18-32-24(30)25(31,19-9-4-2-5-10-19)20-11-6-3-7-12-20/h2,4-5,9-10,14,16,20-21,31H,3,6-8,11-13,15,17-18H2,1H3/p+1/t21-,25?,28?/m1/s1. The second-order valence-electron chi connectivity index (χ2n) is 9.66. The van der Waals surface area contributed by atoms with Gasteiger partial charge in [-0.3, -0.25) is 4.79 Å². The van der Waals surface area contributed by atoms with Crippen molar-refractivity contribution in [3.63, 3.8) is 0 Å². The number of esters is 1. The van der Waals surface area contributed by atoms with E-state index in [4.69, 9.17) is 9.26 Å². The summed E-state index contributed by atoms with van der Waals surface area (Å²) in [4.78, 5) is 25.9. The molecule has 2 fully saturated rings. The maximum Gasteiger partial charge on any atom is 0.343 e. The fraction of sp³-hybridized carbons (Fsp3) is 0.560. The van der Waals surface area contributed by atoms with Crippen LogP contribution < -0.4 is 5.32 Å². The molecule has 0 radical (unpaired) electrons. The smallest absolute Gasteiger partial charge is 0.343 e. The van der Waals surface area contributed by atoms with Gasteiger partial charge < -0.3 is 24.2 Å². The Morgan fingerprint density at radius 1 is 1.15 bits per heavy atom. The van der Waals surface area contributed by atoms with Gasteiger partial charge in [0, 0.05) is 24.8 Å². The minimum Gasteiger partial charge on any atom is -0.457 e. The number of carbonyl (C=O) groups is 2. The number of amides is 1. The predicted octanol–water partition coefficient (Wildman–Crippen LogP) is 3.23. The molecule has 2 N–H and O–H groups in total. The fourth-order valence-electron chi connectivity index (χ4n) is 5.46. The monoisotopic (exact) mass is 456 g/mol. The number of likely N-dealkylation sites (N-methyl/N-ethyl adjacent to an activating group) is 1. The first-order chi connectivity index (χ1) is 15.9. The van der Waals surface area contributed by atoms with E-state index in [0.717, 1.165) is 51.5 Å². The van der Waals surface area contributed by atoms with Crippen molar-refractivity contribution in [2.75, 3.05) is 32.1 Å². The zero-order valence-electron chi connectivity index (χ0n) is 19.2. The zero-order valence-corrected chi connectivity index (χ0v) is 19.2. The Labute approximate surface area is 194 Å². The van der Waals surface area contributed by atoms with Crippen LogP contribution >= 0.6 is 0 Å². The van der Waals surface area contributed by atoms with Crippen molar-refractivity contribution < 1.29 is 28.4 Å². The van der Waals surface area contributed by atoms with Crippen molar-refractivity contribution in [1.82, 2.24) is 5.16 Å².